The summed E-state index contributed by atoms with van der Waals surface area (Å²) in [6, 6.07) is 18.3. The normalized spacial score (nSPS) is 15.7. The maximum Gasteiger partial charge on any atom is 0.255 e. The zero-order chi connectivity index (χ0) is 27.8. The fraction of sp³-hybridized carbons (Fsp3) is 0.400. The second-order valence-electron chi connectivity index (χ2n) is 9.76. The number of piperidine rings is 1. The molecule has 0 aliphatic carbocycles. The van der Waals surface area contributed by atoms with Crippen LogP contribution >= 0.6 is 0 Å². The lowest BCUT2D eigenvalue weighted by molar-refractivity contribution is 0.0745. The number of rotatable bonds is 5. The zero-order valence-electron chi connectivity index (χ0n) is 23.0. The fourth-order valence-corrected chi connectivity index (χ4v) is 5.27. The van der Waals surface area contributed by atoms with Gasteiger partial charge in [0.1, 0.15) is 11.9 Å². The minimum Gasteiger partial charge on any atom is -0.400 e. The van der Waals surface area contributed by atoms with Crippen molar-refractivity contribution < 1.29 is 9.90 Å². The molecule has 3 aromatic rings. The fourth-order valence-electron chi connectivity index (χ4n) is 5.27. The van der Waals surface area contributed by atoms with Crippen LogP contribution in [-0.4, -0.2) is 78.3 Å². The number of nitrogens with zero attached hydrogens (tertiary/aromatic N) is 6. The van der Waals surface area contributed by atoms with Crippen molar-refractivity contribution >= 4 is 23.1 Å². The van der Waals surface area contributed by atoms with Crippen LogP contribution in [0.4, 0.5) is 17.2 Å². The maximum atomic E-state index is 13.5. The Balaban J connectivity index is 0.00000172. The van der Waals surface area contributed by atoms with Gasteiger partial charge < -0.3 is 25.1 Å². The van der Waals surface area contributed by atoms with E-state index in [0.29, 0.717) is 24.7 Å². The zero-order valence-corrected chi connectivity index (χ0v) is 23.0. The Morgan fingerprint density at radius 3 is 2.31 bits per heavy atom. The van der Waals surface area contributed by atoms with Gasteiger partial charge in [-0.2, -0.15) is 5.26 Å². The summed E-state index contributed by atoms with van der Waals surface area (Å²) in [5.41, 5.74) is 5.00. The van der Waals surface area contributed by atoms with Gasteiger partial charge in [0, 0.05) is 58.6 Å². The van der Waals surface area contributed by atoms with Gasteiger partial charge >= 0.3 is 0 Å². The molecule has 9 heteroatoms. The van der Waals surface area contributed by atoms with Crippen molar-refractivity contribution in [3.8, 4) is 6.07 Å². The molecule has 0 radical (unpaired) electrons. The second kappa shape index (κ2) is 13.1. The summed E-state index contributed by atoms with van der Waals surface area (Å²) < 4.78 is 0. The minimum atomic E-state index is 0.0386. The summed E-state index contributed by atoms with van der Waals surface area (Å²) in [6.07, 6.45) is 3.70. The van der Waals surface area contributed by atoms with Crippen LogP contribution in [0.2, 0.25) is 0 Å². The average molecular weight is 528 g/mol. The predicted octanol–water partition coefficient (Wildman–Crippen LogP) is 3.62. The number of hydrogen-bond donors (Lipinski definition) is 2. The van der Waals surface area contributed by atoms with E-state index in [2.05, 4.69) is 26.2 Å². The highest BCUT2D eigenvalue weighted by atomic mass is 16.2. The lowest BCUT2D eigenvalue weighted by Crippen LogP contribution is -2.49. The van der Waals surface area contributed by atoms with Crippen LogP contribution in [0.5, 0.6) is 0 Å². The summed E-state index contributed by atoms with van der Waals surface area (Å²) in [7, 11) is 1.00. The van der Waals surface area contributed by atoms with Crippen molar-refractivity contribution in [3.63, 3.8) is 0 Å². The van der Waals surface area contributed by atoms with E-state index in [1.54, 1.807) is 6.20 Å². The first kappa shape index (κ1) is 27.9. The first-order chi connectivity index (χ1) is 19.0. The van der Waals surface area contributed by atoms with Crippen molar-refractivity contribution in [3.05, 3.63) is 77.2 Å². The molecular formula is C30H37N7O2. The second-order valence-corrected chi connectivity index (χ2v) is 9.76. The van der Waals surface area contributed by atoms with Gasteiger partial charge in [-0.1, -0.05) is 18.2 Å². The Labute approximate surface area is 230 Å². The number of aromatic nitrogens is 2. The van der Waals surface area contributed by atoms with Crippen molar-refractivity contribution in [2.45, 2.75) is 32.7 Å². The molecule has 4 heterocycles. The number of carbonyl (C=O) groups excluding carboxylic acids is 1. The molecular weight excluding hydrogens is 490 g/mol. The lowest BCUT2D eigenvalue weighted by atomic mass is 10.0. The van der Waals surface area contributed by atoms with Gasteiger partial charge in [-0.15, -0.1) is 0 Å². The number of piperazine rings is 1. The summed E-state index contributed by atoms with van der Waals surface area (Å²) in [5, 5.41) is 20.1. The van der Waals surface area contributed by atoms with Gasteiger partial charge in [-0.25, -0.2) is 4.98 Å². The Morgan fingerprint density at radius 1 is 0.949 bits per heavy atom. The minimum absolute atomic E-state index is 0.0386. The van der Waals surface area contributed by atoms with Crippen molar-refractivity contribution in [2.24, 2.45) is 0 Å². The highest BCUT2D eigenvalue weighted by Gasteiger charge is 2.26. The quantitative estimate of drug-likeness (QED) is 0.518. The van der Waals surface area contributed by atoms with Crippen LogP contribution in [0, 0.1) is 25.2 Å². The van der Waals surface area contributed by atoms with Gasteiger partial charge in [-0.05, 0) is 57.0 Å². The van der Waals surface area contributed by atoms with Crippen LogP contribution in [0.1, 0.15) is 40.2 Å². The molecule has 2 aliphatic heterocycles. The van der Waals surface area contributed by atoms with E-state index >= 15 is 0 Å². The average Bonchev–Trinajstić information content (AvgIpc) is 3.00. The first-order valence-corrected chi connectivity index (χ1v) is 13.4. The number of aliphatic hydroxyl groups is 1. The predicted molar refractivity (Wildman–Crippen MR) is 154 cm³/mol. The highest BCUT2D eigenvalue weighted by Crippen LogP contribution is 2.27. The molecule has 0 spiro atoms. The number of nitriles is 1. The van der Waals surface area contributed by atoms with Gasteiger partial charge in [0.25, 0.3) is 5.91 Å². The molecule has 2 saturated heterocycles. The monoisotopic (exact) mass is 527 g/mol. The number of pyridine rings is 2. The van der Waals surface area contributed by atoms with Crippen LogP contribution in [0.15, 0.2) is 54.7 Å². The van der Waals surface area contributed by atoms with Crippen LogP contribution in [0.25, 0.3) is 0 Å². The van der Waals surface area contributed by atoms with Crippen LogP contribution < -0.4 is 15.1 Å². The maximum absolute atomic E-state index is 13.5. The van der Waals surface area contributed by atoms with E-state index in [9.17, 15) is 10.1 Å². The van der Waals surface area contributed by atoms with E-state index < -0.39 is 0 Å². The third-order valence-electron chi connectivity index (χ3n) is 7.39. The van der Waals surface area contributed by atoms with E-state index in [1.807, 2.05) is 67.3 Å². The number of para-hydroxylation sites is 1. The van der Waals surface area contributed by atoms with E-state index in [1.165, 1.54) is 0 Å². The lowest BCUT2D eigenvalue weighted by Gasteiger charge is -2.36. The molecule has 2 fully saturated rings. The molecule has 1 aromatic carbocycles. The third kappa shape index (κ3) is 6.47. The number of anilines is 3. The van der Waals surface area contributed by atoms with Gasteiger partial charge in [0.05, 0.1) is 33.9 Å². The molecule has 0 unspecified atom stereocenters. The van der Waals surface area contributed by atoms with E-state index in [-0.39, 0.29) is 5.91 Å². The molecule has 2 N–H and O–H groups in total. The van der Waals surface area contributed by atoms with Gasteiger partial charge in [0.2, 0.25) is 0 Å². The number of benzene rings is 1. The summed E-state index contributed by atoms with van der Waals surface area (Å²) in [6.45, 7) is 8.51. The number of carbonyl (C=O) groups is 1. The molecule has 9 nitrogen and oxygen atoms in total. The topological polar surface area (TPSA) is 109 Å². The molecule has 0 bridgehead atoms. The van der Waals surface area contributed by atoms with Crippen LogP contribution in [-0.2, 0) is 0 Å². The van der Waals surface area contributed by atoms with Crippen molar-refractivity contribution in [1.82, 2.24) is 14.9 Å². The Hall–Kier alpha value is -4.16. The molecule has 0 atom stereocenters. The summed E-state index contributed by atoms with van der Waals surface area (Å²) in [5.74, 6) is 0.994. The Bertz CT molecular complexity index is 1290. The van der Waals surface area contributed by atoms with Crippen molar-refractivity contribution in [1.29, 1.82) is 5.26 Å². The summed E-state index contributed by atoms with van der Waals surface area (Å²) in [4.78, 5) is 29.1. The molecule has 0 saturated carbocycles. The van der Waals surface area contributed by atoms with Crippen LogP contribution in [0.3, 0.4) is 0 Å². The van der Waals surface area contributed by atoms with Gasteiger partial charge in [0.15, 0.2) is 0 Å². The SMILES string of the molecule is CO.Cc1nc(C)c(C(=O)N2CCN(c3ccccn3)CC2)cc1NC1CCN(c2ccccc2C#N)CC1. The van der Waals surface area contributed by atoms with Gasteiger partial charge in [-0.3, -0.25) is 9.78 Å². The van der Waals surface area contributed by atoms with E-state index in [4.69, 9.17) is 10.1 Å². The Morgan fingerprint density at radius 2 is 1.64 bits per heavy atom. The number of aliphatic hydroxyl groups excluding tert-OH is 1. The molecule has 1 amide bonds. The standard InChI is InChI=1S/C29H33N7O.CH4O/c1-21-25(29(37)36-17-15-35(16-18-36)28-9-5-6-12-31-28)19-26(22(2)32-21)33-24-10-13-34(14-11-24)27-8-4-3-7-23(27)20-30;1-2/h3-9,12,19,24,33H,10-11,13-18H2,1-2H3;2H,1H3. The summed E-state index contributed by atoms with van der Waals surface area (Å²) >= 11 is 0. The number of amides is 1. The number of aryl methyl sites for hydroxylation is 2. The van der Waals surface area contributed by atoms with E-state index in [0.717, 1.165) is 80.3 Å². The smallest absolute Gasteiger partial charge is 0.255 e. The number of hydrogen-bond acceptors (Lipinski definition) is 8. The molecule has 2 aromatic heterocycles. The number of nitrogens with one attached hydrogen (secondary N) is 1. The molecule has 2 aliphatic rings. The molecule has 204 valence electrons. The first-order valence-electron chi connectivity index (χ1n) is 13.4. The largest absolute Gasteiger partial charge is 0.400 e. The molecule has 39 heavy (non-hydrogen) atoms. The highest BCUT2D eigenvalue weighted by molar-refractivity contribution is 5.96. The molecule has 5 rings (SSSR count). The Kier molecular flexibility index (Phi) is 9.34. The van der Waals surface area contributed by atoms with Crippen molar-refractivity contribution in [2.75, 3.05) is 61.5 Å². The third-order valence-corrected chi connectivity index (χ3v) is 7.39.